The molecular weight excluding hydrogens is 233 g/mol. The molecule has 0 amide bonds. The number of aryl methyl sites for hydroxylation is 1. The molecule has 0 saturated heterocycles. The van der Waals surface area contributed by atoms with Crippen molar-refractivity contribution in [1.29, 1.82) is 0 Å². The molecule has 3 nitrogen and oxygen atoms in total. The van der Waals surface area contributed by atoms with Crippen molar-refractivity contribution in [3.8, 4) is 5.75 Å². The Morgan fingerprint density at radius 3 is 2.78 bits per heavy atom. The molecule has 1 N–H and O–H groups in total. The molecule has 102 valence electrons. The van der Waals surface area contributed by atoms with Crippen LogP contribution in [0.25, 0.3) is 0 Å². The molecule has 0 aliphatic carbocycles. The lowest BCUT2D eigenvalue weighted by atomic mass is 10.2. The molecule has 4 heteroatoms. The first-order chi connectivity index (χ1) is 8.67. The predicted molar refractivity (Wildman–Crippen MR) is 70.6 cm³/mol. The van der Waals surface area contributed by atoms with Gasteiger partial charge in [0.1, 0.15) is 6.61 Å². The molecule has 18 heavy (non-hydrogen) atoms. The fourth-order valence-corrected chi connectivity index (χ4v) is 1.63. The second-order valence-electron chi connectivity index (χ2n) is 4.35. The summed E-state index contributed by atoms with van der Waals surface area (Å²) in [4.78, 5) is 0. The van der Waals surface area contributed by atoms with E-state index in [0.29, 0.717) is 19.0 Å². The number of halogens is 1. The summed E-state index contributed by atoms with van der Waals surface area (Å²) in [5.74, 6) is -0.0262. The van der Waals surface area contributed by atoms with E-state index in [1.807, 2.05) is 6.92 Å². The second-order valence-corrected chi connectivity index (χ2v) is 4.35. The van der Waals surface area contributed by atoms with E-state index in [4.69, 9.17) is 9.47 Å². The normalized spacial score (nSPS) is 12.4. The average molecular weight is 255 g/mol. The van der Waals surface area contributed by atoms with Crippen LogP contribution in [0.15, 0.2) is 18.2 Å². The quantitative estimate of drug-likeness (QED) is 0.774. The molecule has 1 aromatic carbocycles. The van der Waals surface area contributed by atoms with Crippen LogP contribution in [0, 0.1) is 12.7 Å². The maximum Gasteiger partial charge on any atom is 0.165 e. The summed E-state index contributed by atoms with van der Waals surface area (Å²) >= 11 is 0. The monoisotopic (exact) mass is 255 g/mol. The van der Waals surface area contributed by atoms with E-state index in [9.17, 15) is 4.39 Å². The van der Waals surface area contributed by atoms with Gasteiger partial charge in [-0.15, -0.1) is 0 Å². The largest absolute Gasteiger partial charge is 0.489 e. The summed E-state index contributed by atoms with van der Waals surface area (Å²) in [6.07, 6.45) is 1.04. The second kappa shape index (κ2) is 8.06. The van der Waals surface area contributed by atoms with Crippen molar-refractivity contribution in [3.05, 3.63) is 29.6 Å². The zero-order valence-electron chi connectivity index (χ0n) is 11.3. The molecule has 0 spiro atoms. The van der Waals surface area contributed by atoms with Gasteiger partial charge in [0.05, 0.1) is 12.6 Å². The van der Waals surface area contributed by atoms with Gasteiger partial charge in [0, 0.05) is 7.11 Å². The number of rotatable bonds is 8. The topological polar surface area (TPSA) is 30.5 Å². The lowest BCUT2D eigenvalue weighted by molar-refractivity contribution is 0.134. The van der Waals surface area contributed by atoms with E-state index in [1.165, 1.54) is 6.07 Å². The molecule has 0 radical (unpaired) electrons. The van der Waals surface area contributed by atoms with Gasteiger partial charge < -0.3 is 14.8 Å². The number of nitrogens with one attached hydrogen (secondary N) is 1. The Morgan fingerprint density at radius 2 is 2.11 bits per heavy atom. The van der Waals surface area contributed by atoms with Gasteiger partial charge in [0.15, 0.2) is 11.6 Å². The molecule has 0 aliphatic rings. The van der Waals surface area contributed by atoms with Gasteiger partial charge in [-0.25, -0.2) is 4.39 Å². The van der Waals surface area contributed by atoms with E-state index in [2.05, 4.69) is 12.2 Å². The summed E-state index contributed by atoms with van der Waals surface area (Å²) < 4.78 is 24.1. The Balaban J connectivity index is 2.52. The third-order valence-electron chi connectivity index (χ3n) is 2.58. The van der Waals surface area contributed by atoms with E-state index >= 15 is 0 Å². The maximum absolute atomic E-state index is 13.5. The molecule has 0 aliphatic heterocycles. The summed E-state index contributed by atoms with van der Waals surface area (Å²) in [5, 5.41) is 3.30. The summed E-state index contributed by atoms with van der Waals surface area (Å²) in [6.45, 7) is 5.85. The van der Waals surface area contributed by atoms with Crippen LogP contribution >= 0.6 is 0 Å². The highest BCUT2D eigenvalue weighted by molar-refractivity contribution is 5.29. The van der Waals surface area contributed by atoms with Crippen LogP contribution < -0.4 is 10.1 Å². The SMILES string of the molecule is CCCNC(COC)COc1cc(C)ccc1F. The van der Waals surface area contributed by atoms with Gasteiger partial charge in [-0.3, -0.25) is 0 Å². The lowest BCUT2D eigenvalue weighted by Gasteiger charge is -2.18. The van der Waals surface area contributed by atoms with Crippen LogP contribution in [0.5, 0.6) is 5.75 Å². The maximum atomic E-state index is 13.5. The van der Waals surface area contributed by atoms with Crippen LogP contribution in [0.2, 0.25) is 0 Å². The number of methoxy groups -OCH3 is 1. The number of ether oxygens (including phenoxy) is 2. The minimum absolute atomic E-state index is 0.0786. The van der Waals surface area contributed by atoms with E-state index in [-0.39, 0.29) is 11.9 Å². The zero-order chi connectivity index (χ0) is 13.4. The van der Waals surface area contributed by atoms with Crippen LogP contribution in [-0.2, 0) is 4.74 Å². The molecule has 1 atom stereocenters. The highest BCUT2D eigenvalue weighted by Gasteiger charge is 2.10. The molecule has 1 unspecified atom stereocenters. The van der Waals surface area contributed by atoms with Gasteiger partial charge in [-0.05, 0) is 37.6 Å². The first kappa shape index (κ1) is 14.9. The Bertz CT molecular complexity index is 358. The van der Waals surface area contributed by atoms with Crippen molar-refractivity contribution in [3.63, 3.8) is 0 Å². The Kier molecular flexibility index (Phi) is 6.68. The van der Waals surface area contributed by atoms with E-state index in [0.717, 1.165) is 18.5 Å². The third kappa shape index (κ3) is 5.02. The molecule has 0 aromatic heterocycles. The zero-order valence-corrected chi connectivity index (χ0v) is 11.3. The minimum Gasteiger partial charge on any atom is -0.489 e. The van der Waals surface area contributed by atoms with Crippen molar-refractivity contribution in [2.45, 2.75) is 26.3 Å². The van der Waals surface area contributed by atoms with Gasteiger partial charge in [-0.1, -0.05) is 13.0 Å². The van der Waals surface area contributed by atoms with Crippen molar-refractivity contribution < 1.29 is 13.9 Å². The smallest absolute Gasteiger partial charge is 0.165 e. The van der Waals surface area contributed by atoms with Gasteiger partial charge in [0.2, 0.25) is 0 Å². The summed E-state index contributed by atoms with van der Waals surface area (Å²) in [6, 6.07) is 4.94. The standard InChI is InChI=1S/C14H22FNO2/c1-4-7-16-12(9-17-3)10-18-14-8-11(2)5-6-13(14)15/h5-6,8,12,16H,4,7,9-10H2,1-3H3. The number of hydrogen-bond acceptors (Lipinski definition) is 3. The Hall–Kier alpha value is -1.13. The van der Waals surface area contributed by atoms with Crippen LogP contribution in [0.1, 0.15) is 18.9 Å². The van der Waals surface area contributed by atoms with Crippen LogP contribution in [0.3, 0.4) is 0 Å². The molecule has 0 fully saturated rings. The Morgan fingerprint density at radius 1 is 1.33 bits per heavy atom. The van der Waals surface area contributed by atoms with Crippen molar-refractivity contribution in [2.75, 3.05) is 26.9 Å². The van der Waals surface area contributed by atoms with Gasteiger partial charge in [0.25, 0.3) is 0 Å². The fraction of sp³-hybridized carbons (Fsp3) is 0.571. The molecule has 0 saturated carbocycles. The molecule has 0 bridgehead atoms. The molecule has 0 heterocycles. The molecular formula is C14H22FNO2. The molecule has 1 aromatic rings. The van der Waals surface area contributed by atoms with Gasteiger partial charge >= 0.3 is 0 Å². The van der Waals surface area contributed by atoms with Crippen LogP contribution in [0.4, 0.5) is 4.39 Å². The lowest BCUT2D eigenvalue weighted by Crippen LogP contribution is -2.38. The summed E-state index contributed by atoms with van der Waals surface area (Å²) in [7, 11) is 1.65. The molecule has 1 rings (SSSR count). The number of benzene rings is 1. The average Bonchev–Trinajstić information content (AvgIpc) is 2.36. The fourth-order valence-electron chi connectivity index (χ4n) is 1.63. The number of hydrogen-bond donors (Lipinski definition) is 1. The third-order valence-corrected chi connectivity index (χ3v) is 2.58. The summed E-state index contributed by atoms with van der Waals surface area (Å²) in [5.41, 5.74) is 0.983. The Labute approximate surface area is 108 Å². The minimum atomic E-state index is -0.327. The van der Waals surface area contributed by atoms with Crippen molar-refractivity contribution in [2.24, 2.45) is 0 Å². The van der Waals surface area contributed by atoms with E-state index in [1.54, 1.807) is 19.2 Å². The first-order valence-electron chi connectivity index (χ1n) is 6.28. The van der Waals surface area contributed by atoms with Crippen molar-refractivity contribution >= 4 is 0 Å². The highest BCUT2D eigenvalue weighted by atomic mass is 19.1. The van der Waals surface area contributed by atoms with Crippen molar-refractivity contribution in [1.82, 2.24) is 5.32 Å². The van der Waals surface area contributed by atoms with E-state index < -0.39 is 0 Å². The first-order valence-corrected chi connectivity index (χ1v) is 6.28. The predicted octanol–water partition coefficient (Wildman–Crippen LogP) is 2.53. The highest BCUT2D eigenvalue weighted by Crippen LogP contribution is 2.18. The van der Waals surface area contributed by atoms with Gasteiger partial charge in [-0.2, -0.15) is 0 Å². The van der Waals surface area contributed by atoms with Crippen LogP contribution in [-0.4, -0.2) is 32.9 Å².